The Morgan fingerprint density at radius 2 is 1.74 bits per heavy atom. The lowest BCUT2D eigenvalue weighted by Crippen LogP contribution is -2.54. The van der Waals surface area contributed by atoms with Crippen molar-refractivity contribution in [2.24, 2.45) is 11.7 Å². The predicted molar refractivity (Wildman–Crippen MR) is 153 cm³/mol. The summed E-state index contributed by atoms with van der Waals surface area (Å²) in [5.41, 5.74) is 10.3. The molecule has 6 rings (SSSR count). The molecule has 0 radical (unpaired) electrons. The number of aromatic nitrogens is 3. The van der Waals surface area contributed by atoms with E-state index in [4.69, 9.17) is 5.73 Å². The maximum atomic E-state index is 13.3. The number of aryl methyl sites for hydroxylation is 1. The summed E-state index contributed by atoms with van der Waals surface area (Å²) >= 11 is 0. The Kier molecular flexibility index (Phi) is 7.46. The number of fused-ring (bicyclic) bond motifs is 1. The molecule has 0 spiro atoms. The molecule has 1 saturated heterocycles. The fourth-order valence-corrected chi connectivity index (χ4v) is 5.31. The Morgan fingerprint density at radius 3 is 2.40 bits per heavy atom. The van der Waals surface area contributed by atoms with Gasteiger partial charge in [0.05, 0.1) is 17.9 Å². The molecule has 42 heavy (non-hydrogen) atoms. The number of carbonyl (C=O) groups excluding carboxylic acids is 2. The fourth-order valence-electron chi connectivity index (χ4n) is 5.31. The van der Waals surface area contributed by atoms with Gasteiger partial charge >= 0.3 is 6.61 Å². The molecule has 3 heterocycles. The summed E-state index contributed by atoms with van der Waals surface area (Å²) in [6.07, 6.45) is 7.13. The zero-order valence-electron chi connectivity index (χ0n) is 23.0. The third-order valence-corrected chi connectivity index (χ3v) is 7.82. The van der Waals surface area contributed by atoms with Crippen LogP contribution in [0.4, 0.5) is 20.3 Å². The molecule has 4 aromatic rings. The van der Waals surface area contributed by atoms with E-state index in [1.54, 1.807) is 46.6 Å². The van der Waals surface area contributed by atoms with E-state index in [0.717, 1.165) is 35.3 Å². The molecule has 1 aliphatic heterocycles. The van der Waals surface area contributed by atoms with Crippen LogP contribution in [0.3, 0.4) is 0 Å². The van der Waals surface area contributed by atoms with Gasteiger partial charge in [0, 0.05) is 55.4 Å². The van der Waals surface area contributed by atoms with Crippen molar-refractivity contribution in [2.75, 3.05) is 31.5 Å². The lowest BCUT2D eigenvalue weighted by Gasteiger charge is -2.36. The minimum atomic E-state index is -2.88. The summed E-state index contributed by atoms with van der Waals surface area (Å²) in [5, 5.41) is 3.29. The molecule has 218 valence electrons. The highest BCUT2D eigenvalue weighted by molar-refractivity contribution is 5.96. The van der Waals surface area contributed by atoms with Gasteiger partial charge in [0.2, 0.25) is 5.91 Å². The second kappa shape index (κ2) is 11.4. The smallest absolute Gasteiger partial charge is 0.387 e. The summed E-state index contributed by atoms with van der Waals surface area (Å²) < 4.78 is 31.3. The van der Waals surface area contributed by atoms with E-state index in [0.29, 0.717) is 49.1 Å². The van der Waals surface area contributed by atoms with Crippen molar-refractivity contribution < 1.29 is 23.1 Å². The Morgan fingerprint density at radius 1 is 1.02 bits per heavy atom. The van der Waals surface area contributed by atoms with Crippen LogP contribution in [0, 0.1) is 12.8 Å². The molecule has 1 aliphatic carbocycles. The van der Waals surface area contributed by atoms with Crippen molar-refractivity contribution in [2.45, 2.75) is 32.4 Å². The molecular formula is C30H31F2N7O3. The molecule has 1 atom stereocenters. The van der Waals surface area contributed by atoms with Gasteiger partial charge in [-0.3, -0.25) is 14.0 Å². The SMILES string of the molecule is Cc1cc(Nc2nccn3c(-c4ccc(OC(F)F)cc4)cnc23)ccc1C(=O)N1CCN(C(=O)[C@H](N)C2CC2)CC1. The highest BCUT2D eigenvalue weighted by Crippen LogP contribution is 2.32. The molecule has 2 fully saturated rings. The number of benzene rings is 2. The average molecular weight is 576 g/mol. The highest BCUT2D eigenvalue weighted by Gasteiger charge is 2.36. The van der Waals surface area contributed by atoms with Gasteiger partial charge in [-0.15, -0.1) is 0 Å². The van der Waals surface area contributed by atoms with Crippen molar-refractivity contribution in [3.63, 3.8) is 0 Å². The van der Waals surface area contributed by atoms with E-state index in [9.17, 15) is 18.4 Å². The zero-order chi connectivity index (χ0) is 29.4. The van der Waals surface area contributed by atoms with E-state index in [1.165, 1.54) is 12.1 Å². The van der Waals surface area contributed by atoms with Crippen LogP contribution < -0.4 is 15.8 Å². The maximum Gasteiger partial charge on any atom is 0.387 e. The summed E-state index contributed by atoms with van der Waals surface area (Å²) in [6.45, 7) is 0.912. The first-order chi connectivity index (χ1) is 20.3. The number of nitrogens with one attached hydrogen (secondary N) is 1. The van der Waals surface area contributed by atoms with Crippen LogP contribution in [-0.4, -0.2) is 74.8 Å². The van der Waals surface area contributed by atoms with Crippen molar-refractivity contribution in [1.82, 2.24) is 24.2 Å². The van der Waals surface area contributed by atoms with Crippen LogP contribution in [0.1, 0.15) is 28.8 Å². The number of carbonyl (C=O) groups is 2. The van der Waals surface area contributed by atoms with E-state index < -0.39 is 12.7 Å². The van der Waals surface area contributed by atoms with Crippen LogP contribution in [-0.2, 0) is 4.79 Å². The molecule has 2 amide bonds. The minimum Gasteiger partial charge on any atom is -0.435 e. The molecule has 2 aliphatic rings. The highest BCUT2D eigenvalue weighted by atomic mass is 19.3. The summed E-state index contributed by atoms with van der Waals surface area (Å²) in [7, 11) is 0. The number of hydrogen-bond donors (Lipinski definition) is 2. The number of hydrogen-bond acceptors (Lipinski definition) is 7. The van der Waals surface area contributed by atoms with Gasteiger partial charge in [0.25, 0.3) is 5.91 Å². The Labute approximate surface area is 241 Å². The number of nitrogens with zero attached hydrogens (tertiary/aromatic N) is 5. The molecule has 10 nitrogen and oxygen atoms in total. The number of halogens is 2. The first-order valence-corrected chi connectivity index (χ1v) is 13.9. The standard InChI is InChI=1S/C30H31F2N7O3/c1-18-16-21(6-9-23(18)28(40)37-12-14-38(15-13-37)29(41)25(33)20-2-3-20)36-26-27-35-17-24(39(27)11-10-34-26)19-4-7-22(8-5-19)42-30(31)32/h4-11,16-17,20,25,30H,2-3,12-15,33H2,1H3,(H,34,36)/t25-/m1/s1. The predicted octanol–water partition coefficient (Wildman–Crippen LogP) is 4.07. The van der Waals surface area contributed by atoms with Crippen LogP contribution in [0.2, 0.25) is 0 Å². The van der Waals surface area contributed by atoms with E-state index in [2.05, 4.69) is 20.0 Å². The lowest BCUT2D eigenvalue weighted by atomic mass is 10.1. The first-order valence-electron chi connectivity index (χ1n) is 13.9. The van der Waals surface area contributed by atoms with E-state index in [1.807, 2.05) is 23.5 Å². The fraction of sp³-hybridized carbons (Fsp3) is 0.333. The molecule has 2 aromatic carbocycles. The maximum absolute atomic E-state index is 13.3. The third-order valence-electron chi connectivity index (χ3n) is 7.82. The molecular weight excluding hydrogens is 544 g/mol. The first kappa shape index (κ1) is 27.6. The Hall–Kier alpha value is -4.58. The largest absolute Gasteiger partial charge is 0.435 e. The van der Waals surface area contributed by atoms with Gasteiger partial charge in [-0.05, 0) is 73.7 Å². The van der Waals surface area contributed by atoms with Gasteiger partial charge in [0.15, 0.2) is 11.5 Å². The van der Waals surface area contributed by atoms with E-state index >= 15 is 0 Å². The van der Waals surface area contributed by atoms with Crippen LogP contribution >= 0.6 is 0 Å². The molecule has 1 saturated carbocycles. The van der Waals surface area contributed by atoms with Crippen LogP contribution in [0.25, 0.3) is 16.9 Å². The molecule has 3 N–H and O–H groups in total. The van der Waals surface area contributed by atoms with Crippen molar-refractivity contribution in [1.29, 1.82) is 0 Å². The second-order valence-electron chi connectivity index (χ2n) is 10.7. The summed E-state index contributed by atoms with van der Waals surface area (Å²) in [4.78, 5) is 38.5. The quantitative estimate of drug-likeness (QED) is 0.325. The number of imidazole rings is 1. The van der Waals surface area contributed by atoms with Crippen LogP contribution in [0.15, 0.2) is 61.1 Å². The van der Waals surface area contributed by atoms with Crippen LogP contribution in [0.5, 0.6) is 5.75 Å². The Balaban J connectivity index is 1.13. The Bertz CT molecular complexity index is 1610. The van der Waals surface area contributed by atoms with Gasteiger partial charge in [-0.25, -0.2) is 9.97 Å². The second-order valence-corrected chi connectivity index (χ2v) is 10.7. The summed E-state index contributed by atoms with van der Waals surface area (Å²) in [6, 6.07) is 11.4. The topological polar surface area (TPSA) is 118 Å². The van der Waals surface area contributed by atoms with Crippen molar-refractivity contribution in [3.8, 4) is 17.0 Å². The van der Waals surface area contributed by atoms with E-state index in [-0.39, 0.29) is 17.6 Å². The number of ether oxygens (including phenoxy) is 1. The monoisotopic (exact) mass is 575 g/mol. The number of piperazine rings is 1. The third kappa shape index (κ3) is 5.62. The number of rotatable bonds is 8. The molecule has 12 heteroatoms. The molecule has 2 aromatic heterocycles. The average Bonchev–Trinajstić information content (AvgIpc) is 3.75. The number of nitrogens with two attached hydrogens (primary N) is 1. The number of alkyl halides is 2. The normalized spacial score (nSPS) is 16.1. The molecule has 0 unspecified atom stereocenters. The number of anilines is 2. The summed E-state index contributed by atoms with van der Waals surface area (Å²) in [5.74, 6) is 0.821. The minimum absolute atomic E-state index is 0.0122. The van der Waals surface area contributed by atoms with Gasteiger partial charge in [0.1, 0.15) is 5.75 Å². The lowest BCUT2D eigenvalue weighted by molar-refractivity contribution is -0.134. The van der Waals surface area contributed by atoms with Gasteiger partial charge < -0.3 is 25.6 Å². The number of amides is 2. The van der Waals surface area contributed by atoms with Gasteiger partial charge in [-0.1, -0.05) is 0 Å². The van der Waals surface area contributed by atoms with Crippen molar-refractivity contribution in [3.05, 3.63) is 72.2 Å². The zero-order valence-corrected chi connectivity index (χ0v) is 23.0. The van der Waals surface area contributed by atoms with Crippen molar-refractivity contribution >= 4 is 29.0 Å². The molecule has 0 bridgehead atoms. The van der Waals surface area contributed by atoms with Gasteiger partial charge in [-0.2, -0.15) is 8.78 Å².